The van der Waals surface area contributed by atoms with Crippen LogP contribution in [-0.2, 0) is 20.7 Å². The molecule has 2 N–H and O–H groups in total. The smallest absolute Gasteiger partial charge is 0.329 e. The van der Waals surface area contributed by atoms with Gasteiger partial charge in [0, 0.05) is 13.7 Å². The number of carbonyl (C=O) groups is 2. The van der Waals surface area contributed by atoms with Gasteiger partial charge in [0.15, 0.2) is 0 Å². The number of aryl methyl sites for hydroxylation is 1. The van der Waals surface area contributed by atoms with Crippen LogP contribution in [0.2, 0.25) is 0 Å². The van der Waals surface area contributed by atoms with Crippen LogP contribution in [-0.4, -0.2) is 38.3 Å². The van der Waals surface area contributed by atoms with Gasteiger partial charge in [-0.2, -0.15) is 5.10 Å². The van der Waals surface area contributed by atoms with Crippen molar-refractivity contribution in [2.45, 2.75) is 13.3 Å². The van der Waals surface area contributed by atoms with Crippen LogP contribution in [0.1, 0.15) is 18.1 Å². The predicted molar refractivity (Wildman–Crippen MR) is 76.4 cm³/mol. The normalized spacial score (nSPS) is 10.5. The Kier molecular flexibility index (Phi) is 6.99. The van der Waals surface area contributed by atoms with Gasteiger partial charge in [-0.25, -0.2) is 5.43 Å². The standard InChI is InChI=1S/C14H19N3O3/c1-3-11-4-6-12(7-5-11)10-16-17-14(19)13(18)15-8-9-20-2/h4-7,10H,3,8-9H2,1-2H3,(H,15,18)(H,17,19)/b16-10-. The van der Waals surface area contributed by atoms with Gasteiger partial charge >= 0.3 is 11.8 Å². The van der Waals surface area contributed by atoms with Crippen LogP contribution in [0.25, 0.3) is 0 Å². The maximum atomic E-state index is 11.4. The average molecular weight is 277 g/mol. The largest absolute Gasteiger partial charge is 0.383 e. The second kappa shape index (κ2) is 8.82. The molecule has 6 nitrogen and oxygen atoms in total. The molecule has 0 saturated carbocycles. The van der Waals surface area contributed by atoms with Crippen LogP contribution >= 0.6 is 0 Å². The number of ether oxygens (including phenoxy) is 1. The van der Waals surface area contributed by atoms with Gasteiger partial charge < -0.3 is 10.1 Å². The summed E-state index contributed by atoms with van der Waals surface area (Å²) in [5.74, 6) is -1.54. The molecule has 20 heavy (non-hydrogen) atoms. The number of carbonyl (C=O) groups excluding carboxylic acids is 2. The first-order valence-corrected chi connectivity index (χ1v) is 6.36. The van der Waals surface area contributed by atoms with E-state index in [-0.39, 0.29) is 6.54 Å². The highest BCUT2D eigenvalue weighted by molar-refractivity contribution is 6.35. The monoisotopic (exact) mass is 277 g/mol. The summed E-state index contributed by atoms with van der Waals surface area (Å²) in [5.41, 5.74) is 4.24. The fraction of sp³-hybridized carbons (Fsp3) is 0.357. The maximum Gasteiger partial charge on any atom is 0.329 e. The third-order valence-electron chi connectivity index (χ3n) is 2.57. The van der Waals surface area contributed by atoms with E-state index < -0.39 is 11.8 Å². The zero-order valence-electron chi connectivity index (χ0n) is 11.7. The lowest BCUT2D eigenvalue weighted by atomic mass is 10.1. The Balaban J connectivity index is 2.39. The first kappa shape index (κ1) is 15.8. The number of rotatable bonds is 6. The number of nitrogens with zero attached hydrogens (tertiary/aromatic N) is 1. The van der Waals surface area contributed by atoms with Crippen LogP contribution in [0.4, 0.5) is 0 Å². The summed E-state index contributed by atoms with van der Waals surface area (Å²) < 4.78 is 4.75. The lowest BCUT2D eigenvalue weighted by Crippen LogP contribution is -2.39. The van der Waals surface area contributed by atoms with Gasteiger partial charge in [0.1, 0.15) is 0 Å². The lowest BCUT2D eigenvalue weighted by molar-refractivity contribution is -0.139. The molecule has 6 heteroatoms. The van der Waals surface area contributed by atoms with Crippen molar-refractivity contribution >= 4 is 18.0 Å². The molecule has 0 spiro atoms. The molecule has 0 atom stereocenters. The van der Waals surface area contributed by atoms with Gasteiger partial charge in [-0.3, -0.25) is 9.59 Å². The number of benzene rings is 1. The molecular weight excluding hydrogens is 258 g/mol. The van der Waals surface area contributed by atoms with Crippen LogP contribution in [0.15, 0.2) is 29.4 Å². The zero-order valence-corrected chi connectivity index (χ0v) is 11.7. The minimum Gasteiger partial charge on any atom is -0.383 e. The molecule has 0 bridgehead atoms. The predicted octanol–water partition coefficient (Wildman–Crippen LogP) is 0.462. The maximum absolute atomic E-state index is 11.4. The van der Waals surface area contributed by atoms with Gasteiger partial charge in [0.2, 0.25) is 0 Å². The van der Waals surface area contributed by atoms with Gasteiger partial charge in [-0.05, 0) is 17.5 Å². The third kappa shape index (κ3) is 5.62. The van der Waals surface area contributed by atoms with Crippen LogP contribution in [0, 0.1) is 0 Å². The molecule has 0 radical (unpaired) electrons. The van der Waals surface area contributed by atoms with E-state index in [9.17, 15) is 9.59 Å². The number of hydrazone groups is 1. The number of methoxy groups -OCH3 is 1. The molecule has 0 heterocycles. The quantitative estimate of drug-likeness (QED) is 0.343. The average Bonchev–Trinajstić information content (AvgIpc) is 2.48. The fourth-order valence-electron chi connectivity index (χ4n) is 1.40. The Morgan fingerprint density at radius 1 is 1.25 bits per heavy atom. The molecular formula is C14H19N3O3. The molecule has 108 valence electrons. The summed E-state index contributed by atoms with van der Waals surface area (Å²) in [4.78, 5) is 22.6. The number of nitrogens with one attached hydrogen (secondary N) is 2. The summed E-state index contributed by atoms with van der Waals surface area (Å²) in [7, 11) is 1.51. The van der Waals surface area contributed by atoms with E-state index in [1.807, 2.05) is 24.3 Å². The molecule has 0 unspecified atom stereocenters. The first-order valence-electron chi connectivity index (χ1n) is 6.36. The Hall–Kier alpha value is -2.21. The number of hydrogen-bond donors (Lipinski definition) is 2. The lowest BCUT2D eigenvalue weighted by Gasteiger charge is -2.02. The zero-order chi connectivity index (χ0) is 14.8. The van der Waals surface area contributed by atoms with Gasteiger partial charge in [-0.15, -0.1) is 0 Å². The molecule has 0 aromatic heterocycles. The second-order valence-electron chi connectivity index (χ2n) is 4.04. The molecule has 1 aromatic rings. The minimum atomic E-state index is -0.803. The highest BCUT2D eigenvalue weighted by Gasteiger charge is 2.10. The first-order chi connectivity index (χ1) is 9.67. The van der Waals surface area contributed by atoms with Gasteiger partial charge in [0.05, 0.1) is 12.8 Å². The van der Waals surface area contributed by atoms with Crippen molar-refractivity contribution in [2.75, 3.05) is 20.3 Å². The van der Waals surface area contributed by atoms with Gasteiger partial charge in [-0.1, -0.05) is 31.2 Å². The van der Waals surface area contributed by atoms with Gasteiger partial charge in [0.25, 0.3) is 0 Å². The van der Waals surface area contributed by atoms with Crippen LogP contribution in [0.3, 0.4) is 0 Å². The minimum absolute atomic E-state index is 0.283. The van der Waals surface area contributed by atoms with Crippen LogP contribution in [0.5, 0.6) is 0 Å². The fourth-order valence-corrected chi connectivity index (χ4v) is 1.40. The Morgan fingerprint density at radius 3 is 2.55 bits per heavy atom. The van der Waals surface area contributed by atoms with Crippen LogP contribution < -0.4 is 10.7 Å². The van der Waals surface area contributed by atoms with Crippen molar-refractivity contribution in [3.05, 3.63) is 35.4 Å². The van der Waals surface area contributed by atoms with Crippen molar-refractivity contribution < 1.29 is 14.3 Å². The molecule has 2 amide bonds. The molecule has 1 rings (SSSR count). The van der Waals surface area contributed by atoms with Crippen molar-refractivity contribution in [3.8, 4) is 0 Å². The molecule has 0 aliphatic carbocycles. The summed E-state index contributed by atoms with van der Waals surface area (Å²) >= 11 is 0. The SMILES string of the molecule is CCc1ccc(/C=N\NC(=O)C(=O)NCCOC)cc1. The highest BCUT2D eigenvalue weighted by atomic mass is 16.5. The van der Waals surface area contributed by atoms with E-state index in [4.69, 9.17) is 4.74 Å². The third-order valence-corrected chi connectivity index (χ3v) is 2.57. The van der Waals surface area contributed by atoms with Crippen molar-refractivity contribution in [2.24, 2.45) is 5.10 Å². The molecule has 0 aliphatic rings. The van der Waals surface area contributed by atoms with Crippen molar-refractivity contribution in [1.82, 2.24) is 10.7 Å². The molecule has 0 aliphatic heterocycles. The highest BCUT2D eigenvalue weighted by Crippen LogP contribution is 2.02. The van der Waals surface area contributed by atoms with E-state index in [2.05, 4.69) is 22.8 Å². The van der Waals surface area contributed by atoms with Crippen molar-refractivity contribution in [1.29, 1.82) is 0 Å². The van der Waals surface area contributed by atoms with E-state index in [0.717, 1.165) is 12.0 Å². The Morgan fingerprint density at radius 2 is 1.95 bits per heavy atom. The van der Waals surface area contributed by atoms with E-state index in [1.54, 1.807) is 0 Å². The van der Waals surface area contributed by atoms with E-state index >= 15 is 0 Å². The molecule has 0 saturated heterocycles. The summed E-state index contributed by atoms with van der Waals surface area (Å²) in [6.07, 6.45) is 2.45. The summed E-state index contributed by atoms with van der Waals surface area (Å²) in [6, 6.07) is 7.77. The molecule has 0 fully saturated rings. The van der Waals surface area contributed by atoms with Crippen molar-refractivity contribution in [3.63, 3.8) is 0 Å². The summed E-state index contributed by atoms with van der Waals surface area (Å²) in [5, 5.41) is 6.13. The number of amides is 2. The Bertz CT molecular complexity index is 469. The van der Waals surface area contributed by atoms with E-state index in [1.165, 1.54) is 18.9 Å². The number of hydrogen-bond acceptors (Lipinski definition) is 4. The Labute approximate surface area is 118 Å². The second-order valence-corrected chi connectivity index (χ2v) is 4.04. The van der Waals surface area contributed by atoms with E-state index in [0.29, 0.717) is 6.61 Å². The summed E-state index contributed by atoms with van der Waals surface area (Å²) in [6.45, 7) is 2.71. The topological polar surface area (TPSA) is 79.8 Å². The molecule has 1 aromatic carbocycles.